The summed E-state index contributed by atoms with van der Waals surface area (Å²) in [6.45, 7) is 7.06. The first-order valence-corrected chi connectivity index (χ1v) is 11.6. The second-order valence-electron chi connectivity index (χ2n) is 9.57. The first-order chi connectivity index (χ1) is 16.6. The Morgan fingerprint density at radius 3 is 2.46 bits per heavy atom. The number of piperidine rings is 1. The van der Waals surface area contributed by atoms with E-state index in [1.165, 1.54) is 4.68 Å². The Morgan fingerprint density at radius 1 is 1.14 bits per heavy atom. The van der Waals surface area contributed by atoms with Crippen molar-refractivity contribution < 1.29 is 26.7 Å². The molecular weight excluding hydrogens is 468 g/mol. The van der Waals surface area contributed by atoms with Crippen molar-refractivity contribution in [1.29, 1.82) is 0 Å². The smallest absolute Gasteiger partial charge is 0.416 e. The molecule has 8 nitrogen and oxygen atoms in total. The van der Waals surface area contributed by atoms with Gasteiger partial charge < -0.3 is 14.1 Å². The van der Waals surface area contributed by atoms with Crippen LogP contribution in [0.25, 0.3) is 0 Å². The highest BCUT2D eigenvalue weighted by Crippen LogP contribution is 2.44. The fraction of sp³-hybridized carbons (Fsp3) is 0.565. The van der Waals surface area contributed by atoms with E-state index < -0.39 is 23.3 Å². The normalized spacial score (nSPS) is 22.3. The fourth-order valence-corrected chi connectivity index (χ4v) is 5.15. The number of fused-ring (bicyclic) bond motifs is 2. The molecule has 3 aromatic rings. The summed E-state index contributed by atoms with van der Waals surface area (Å²) in [5, 5.41) is 12.6. The maximum Gasteiger partial charge on any atom is 0.416 e. The van der Waals surface area contributed by atoms with E-state index in [0.717, 1.165) is 32.0 Å². The lowest BCUT2D eigenvalue weighted by atomic mass is 9.82. The number of anilines is 1. The van der Waals surface area contributed by atoms with Crippen LogP contribution in [0.3, 0.4) is 0 Å². The third-order valence-electron chi connectivity index (χ3n) is 6.83. The largest absolute Gasteiger partial charge is 0.421 e. The van der Waals surface area contributed by atoms with Crippen LogP contribution in [0.1, 0.15) is 50.0 Å². The van der Waals surface area contributed by atoms with Crippen LogP contribution >= 0.6 is 0 Å². The van der Waals surface area contributed by atoms with Gasteiger partial charge in [-0.1, -0.05) is 5.10 Å². The lowest BCUT2D eigenvalue weighted by Gasteiger charge is -2.36. The van der Waals surface area contributed by atoms with E-state index in [1.54, 1.807) is 6.92 Å². The van der Waals surface area contributed by atoms with Crippen molar-refractivity contribution in [2.45, 2.75) is 52.3 Å². The molecule has 0 radical (unpaired) electrons. The molecule has 0 N–H and O–H groups in total. The van der Waals surface area contributed by atoms with Gasteiger partial charge in [-0.2, -0.15) is 23.3 Å². The molecule has 1 aromatic carbocycles. The van der Waals surface area contributed by atoms with E-state index >= 15 is 0 Å². The van der Waals surface area contributed by atoms with Gasteiger partial charge in [0.15, 0.2) is 17.4 Å². The Hall–Kier alpha value is -3.18. The van der Waals surface area contributed by atoms with Crippen molar-refractivity contribution in [1.82, 2.24) is 25.0 Å². The molecule has 1 aliphatic heterocycles. The van der Waals surface area contributed by atoms with Crippen molar-refractivity contribution in [2.75, 3.05) is 18.0 Å². The summed E-state index contributed by atoms with van der Waals surface area (Å²) < 4.78 is 66.2. The highest BCUT2D eigenvalue weighted by atomic mass is 19.4. The van der Waals surface area contributed by atoms with Gasteiger partial charge in [-0.25, -0.2) is 9.07 Å². The minimum Gasteiger partial charge on any atom is -0.421 e. The Labute approximate surface area is 199 Å². The SMILES string of the molecule is Cc1nnc(N2C[C@H]3CC[C@@H](C2)C3Cc2nc(Oc3cc(C(F)(F)F)ccc3F)n(C(C)C)n2)o1. The quantitative estimate of drug-likeness (QED) is 0.436. The third-order valence-corrected chi connectivity index (χ3v) is 6.83. The van der Waals surface area contributed by atoms with Crippen LogP contribution in [0, 0.1) is 30.5 Å². The van der Waals surface area contributed by atoms with Crippen LogP contribution in [0.4, 0.5) is 23.6 Å². The molecule has 188 valence electrons. The molecule has 1 saturated heterocycles. The summed E-state index contributed by atoms with van der Waals surface area (Å²) in [5.41, 5.74) is -0.996. The molecule has 12 heteroatoms. The maximum atomic E-state index is 14.3. The Bertz CT molecular complexity index is 1190. The monoisotopic (exact) mass is 494 g/mol. The molecule has 3 atom stereocenters. The van der Waals surface area contributed by atoms with Crippen molar-refractivity contribution in [2.24, 2.45) is 17.8 Å². The zero-order valence-corrected chi connectivity index (χ0v) is 19.6. The van der Waals surface area contributed by atoms with Crippen molar-refractivity contribution >= 4 is 6.01 Å². The van der Waals surface area contributed by atoms with E-state index in [9.17, 15) is 17.6 Å². The van der Waals surface area contributed by atoms with Crippen LogP contribution < -0.4 is 9.64 Å². The van der Waals surface area contributed by atoms with E-state index in [0.29, 0.717) is 54.0 Å². The third kappa shape index (κ3) is 4.70. The van der Waals surface area contributed by atoms with Gasteiger partial charge in [-0.3, -0.25) is 0 Å². The van der Waals surface area contributed by atoms with Crippen LogP contribution in [-0.2, 0) is 12.6 Å². The lowest BCUT2D eigenvalue weighted by Crippen LogP contribution is -2.43. The van der Waals surface area contributed by atoms with Crippen molar-refractivity contribution in [3.63, 3.8) is 0 Å². The first kappa shape index (κ1) is 23.6. The van der Waals surface area contributed by atoms with Crippen molar-refractivity contribution in [3.8, 4) is 11.8 Å². The van der Waals surface area contributed by atoms with E-state index in [4.69, 9.17) is 9.15 Å². The second-order valence-corrected chi connectivity index (χ2v) is 9.57. The van der Waals surface area contributed by atoms with Gasteiger partial charge in [0, 0.05) is 26.4 Å². The Kier molecular flexibility index (Phi) is 5.92. The number of rotatable bonds is 6. The van der Waals surface area contributed by atoms with Crippen LogP contribution in [-0.4, -0.2) is 38.1 Å². The number of alkyl halides is 3. The Balaban J connectivity index is 1.35. The molecule has 3 heterocycles. The molecule has 1 aliphatic carbocycles. The average Bonchev–Trinajstić information content (AvgIpc) is 3.45. The average molecular weight is 494 g/mol. The summed E-state index contributed by atoms with van der Waals surface area (Å²) in [5.74, 6) is 0.766. The van der Waals surface area contributed by atoms with Gasteiger partial charge in [-0.15, -0.1) is 5.10 Å². The molecule has 2 fully saturated rings. The van der Waals surface area contributed by atoms with Gasteiger partial charge in [0.25, 0.3) is 0 Å². The molecule has 5 rings (SSSR count). The molecule has 2 bridgehead atoms. The first-order valence-electron chi connectivity index (χ1n) is 11.6. The zero-order valence-electron chi connectivity index (χ0n) is 19.6. The zero-order chi connectivity index (χ0) is 24.9. The fourth-order valence-electron chi connectivity index (χ4n) is 5.15. The van der Waals surface area contributed by atoms with Gasteiger partial charge in [0.2, 0.25) is 5.89 Å². The topological polar surface area (TPSA) is 82.1 Å². The van der Waals surface area contributed by atoms with Gasteiger partial charge in [0.05, 0.1) is 11.6 Å². The van der Waals surface area contributed by atoms with Gasteiger partial charge in [0.1, 0.15) is 0 Å². The van der Waals surface area contributed by atoms with Gasteiger partial charge >= 0.3 is 18.2 Å². The number of aryl methyl sites for hydroxylation is 1. The summed E-state index contributed by atoms with van der Waals surface area (Å²) >= 11 is 0. The highest BCUT2D eigenvalue weighted by molar-refractivity contribution is 5.34. The number of hydrogen-bond acceptors (Lipinski definition) is 7. The highest BCUT2D eigenvalue weighted by Gasteiger charge is 2.43. The molecular formula is C23H26F4N6O2. The van der Waals surface area contributed by atoms with Gasteiger partial charge in [-0.05, 0) is 62.6 Å². The predicted octanol–water partition coefficient (Wildman–Crippen LogP) is 5.21. The second kappa shape index (κ2) is 8.80. The summed E-state index contributed by atoms with van der Waals surface area (Å²) in [4.78, 5) is 6.59. The number of hydrogen-bond donors (Lipinski definition) is 0. The number of ether oxygens (including phenoxy) is 1. The number of nitrogens with zero attached hydrogens (tertiary/aromatic N) is 6. The summed E-state index contributed by atoms with van der Waals surface area (Å²) in [6, 6.07) is 2.39. The van der Waals surface area contributed by atoms with Crippen LogP contribution in [0.15, 0.2) is 22.6 Å². The molecule has 0 amide bonds. The summed E-state index contributed by atoms with van der Waals surface area (Å²) in [7, 11) is 0. The summed E-state index contributed by atoms with van der Waals surface area (Å²) in [6.07, 6.45) is -1.87. The van der Waals surface area contributed by atoms with E-state index in [2.05, 4.69) is 25.2 Å². The standard InChI is InChI=1S/C23H26F4N6O2/c1-12(2)33-21(35-19-8-16(23(25,26)27)6-7-18(19)24)28-20(31-33)9-17-14-4-5-15(17)11-32(10-14)22-30-29-13(3)34-22/h6-8,12,14-15,17H,4-5,9-11H2,1-3H3/t14-,15+,17?. The minimum absolute atomic E-state index is 0.0284. The van der Waals surface area contributed by atoms with Crippen LogP contribution in [0.2, 0.25) is 0 Å². The number of benzene rings is 1. The molecule has 35 heavy (non-hydrogen) atoms. The van der Waals surface area contributed by atoms with Crippen LogP contribution in [0.5, 0.6) is 11.8 Å². The molecule has 2 aromatic heterocycles. The Morgan fingerprint density at radius 2 is 1.86 bits per heavy atom. The molecule has 1 unspecified atom stereocenters. The molecule has 2 aliphatic rings. The lowest BCUT2D eigenvalue weighted by molar-refractivity contribution is -0.137. The number of halogens is 4. The maximum absolute atomic E-state index is 14.3. The minimum atomic E-state index is -4.61. The van der Waals surface area contributed by atoms with E-state index in [1.807, 2.05) is 13.8 Å². The van der Waals surface area contributed by atoms with Crippen molar-refractivity contribution in [3.05, 3.63) is 41.3 Å². The predicted molar refractivity (Wildman–Crippen MR) is 117 cm³/mol. The number of aromatic nitrogens is 5. The molecule has 1 saturated carbocycles. The molecule has 0 spiro atoms. The van der Waals surface area contributed by atoms with E-state index in [-0.39, 0.29) is 12.1 Å².